The number of nitrogens with one attached hydrogen (secondary N) is 1. The predicted octanol–water partition coefficient (Wildman–Crippen LogP) is 3.47. The Hall–Kier alpha value is -3.08. The number of carbonyl (C=O) groups excluding carboxylic acids is 2. The lowest BCUT2D eigenvalue weighted by atomic mass is 9.97. The molecule has 1 aromatic heterocycles. The number of H-pyrrole nitrogens is 1. The van der Waals surface area contributed by atoms with Gasteiger partial charge >= 0.3 is 6.09 Å². The Kier molecular flexibility index (Phi) is 3.98. The van der Waals surface area contributed by atoms with Gasteiger partial charge in [-0.1, -0.05) is 48.5 Å². The maximum atomic E-state index is 12.4. The molecule has 0 bridgehead atoms. The summed E-state index contributed by atoms with van der Waals surface area (Å²) in [4.78, 5) is 29.4. The van der Waals surface area contributed by atoms with Crippen LogP contribution >= 0.6 is 0 Å². The second-order valence-electron chi connectivity index (χ2n) is 6.23. The molecule has 1 saturated heterocycles. The molecule has 2 aromatic carbocycles. The van der Waals surface area contributed by atoms with E-state index in [1.807, 2.05) is 60.8 Å². The molecule has 1 amide bonds. The van der Waals surface area contributed by atoms with E-state index in [2.05, 4.69) is 4.98 Å². The van der Waals surface area contributed by atoms with Crippen molar-refractivity contribution in [1.29, 1.82) is 0 Å². The Morgan fingerprint density at radius 2 is 1.88 bits per heavy atom. The number of ether oxygens (including phenoxy) is 1. The van der Waals surface area contributed by atoms with E-state index >= 15 is 0 Å². The van der Waals surface area contributed by atoms with Gasteiger partial charge < -0.3 is 9.72 Å². The van der Waals surface area contributed by atoms with Gasteiger partial charge in [0.05, 0.1) is 12.5 Å². The van der Waals surface area contributed by atoms with Crippen LogP contribution in [0.15, 0.2) is 60.8 Å². The summed E-state index contributed by atoms with van der Waals surface area (Å²) < 4.78 is 5.34. The summed E-state index contributed by atoms with van der Waals surface area (Å²) in [5.74, 6) is -0.262. The van der Waals surface area contributed by atoms with Crippen molar-refractivity contribution < 1.29 is 14.3 Å². The molecule has 0 aliphatic carbocycles. The Morgan fingerprint density at radius 3 is 2.72 bits per heavy atom. The van der Waals surface area contributed by atoms with Crippen LogP contribution < -0.4 is 0 Å². The van der Waals surface area contributed by atoms with E-state index in [0.29, 0.717) is 6.54 Å². The lowest BCUT2D eigenvalue weighted by Crippen LogP contribution is -2.29. The smallest absolute Gasteiger partial charge is 0.410 e. The molecule has 1 aliphatic heterocycles. The predicted molar refractivity (Wildman–Crippen MR) is 94.2 cm³/mol. The number of carbonyl (C=O) groups is 2. The van der Waals surface area contributed by atoms with Gasteiger partial charge in [-0.15, -0.1) is 0 Å². The number of ketones is 1. The van der Waals surface area contributed by atoms with E-state index in [9.17, 15) is 9.59 Å². The highest BCUT2D eigenvalue weighted by atomic mass is 16.6. The van der Waals surface area contributed by atoms with E-state index in [1.54, 1.807) is 0 Å². The molecule has 1 aliphatic rings. The molecule has 1 atom stereocenters. The highest BCUT2D eigenvalue weighted by Gasteiger charge is 2.36. The summed E-state index contributed by atoms with van der Waals surface area (Å²) in [6, 6.07) is 17.4. The highest BCUT2D eigenvalue weighted by Crippen LogP contribution is 2.30. The number of para-hydroxylation sites is 1. The first kappa shape index (κ1) is 15.4. The van der Waals surface area contributed by atoms with Gasteiger partial charge in [-0.25, -0.2) is 4.79 Å². The molecule has 25 heavy (non-hydrogen) atoms. The maximum absolute atomic E-state index is 12.4. The first-order chi connectivity index (χ1) is 12.2. The van der Waals surface area contributed by atoms with Crippen molar-refractivity contribution in [3.8, 4) is 0 Å². The Bertz CT molecular complexity index is 917. The first-order valence-corrected chi connectivity index (χ1v) is 8.27. The molecule has 3 aromatic rings. The second-order valence-corrected chi connectivity index (χ2v) is 6.23. The van der Waals surface area contributed by atoms with Gasteiger partial charge in [-0.05, 0) is 17.2 Å². The fourth-order valence-electron chi connectivity index (χ4n) is 3.29. The molecule has 0 radical (unpaired) electrons. The molecular weight excluding hydrogens is 316 g/mol. The molecule has 1 unspecified atom stereocenters. The lowest BCUT2D eigenvalue weighted by molar-refractivity contribution is -0.118. The number of likely N-dealkylation sites (tertiary alicyclic amines) is 1. The molecule has 2 heterocycles. The first-order valence-electron chi connectivity index (χ1n) is 8.27. The lowest BCUT2D eigenvalue weighted by Gasteiger charge is -2.15. The van der Waals surface area contributed by atoms with Gasteiger partial charge in [0.15, 0.2) is 5.78 Å². The number of hydrogen-bond donors (Lipinski definition) is 1. The Balaban J connectivity index is 1.46. The van der Waals surface area contributed by atoms with Gasteiger partial charge in [-0.3, -0.25) is 9.69 Å². The molecule has 126 valence electrons. The summed E-state index contributed by atoms with van der Waals surface area (Å²) in [5.41, 5.74) is 2.86. The molecule has 1 fully saturated rings. The standard InChI is InChI=1S/C20H18N2O3/c23-19-12-22(20(24)25-13-14-6-2-1-3-7-14)11-17(19)16-10-21-18-9-5-4-8-15(16)18/h1-10,17,21H,11-13H2. The monoisotopic (exact) mass is 334 g/mol. The number of rotatable bonds is 3. The van der Waals surface area contributed by atoms with Crippen molar-refractivity contribution in [3.05, 3.63) is 71.9 Å². The maximum Gasteiger partial charge on any atom is 0.410 e. The van der Waals surface area contributed by atoms with Gasteiger partial charge in [0.1, 0.15) is 6.61 Å². The normalized spacial score (nSPS) is 17.2. The highest BCUT2D eigenvalue weighted by molar-refractivity contribution is 5.97. The van der Waals surface area contributed by atoms with Crippen LogP contribution in [0.5, 0.6) is 0 Å². The molecule has 0 spiro atoms. The van der Waals surface area contributed by atoms with Crippen LogP contribution in [0.2, 0.25) is 0 Å². The number of aromatic nitrogens is 1. The van der Waals surface area contributed by atoms with Crippen molar-refractivity contribution in [2.45, 2.75) is 12.5 Å². The van der Waals surface area contributed by atoms with E-state index < -0.39 is 6.09 Å². The van der Waals surface area contributed by atoms with Crippen molar-refractivity contribution in [3.63, 3.8) is 0 Å². The fraction of sp³-hybridized carbons (Fsp3) is 0.200. The number of benzene rings is 2. The molecular formula is C20H18N2O3. The number of aromatic amines is 1. The number of fused-ring (bicyclic) bond motifs is 1. The third-order valence-electron chi connectivity index (χ3n) is 4.60. The summed E-state index contributed by atoms with van der Waals surface area (Å²) in [6.45, 7) is 0.661. The van der Waals surface area contributed by atoms with Crippen LogP contribution in [0.4, 0.5) is 4.79 Å². The van der Waals surface area contributed by atoms with Crippen molar-refractivity contribution in [2.24, 2.45) is 0 Å². The van der Waals surface area contributed by atoms with Crippen LogP contribution in [0, 0.1) is 0 Å². The van der Waals surface area contributed by atoms with Crippen LogP contribution in [0.1, 0.15) is 17.0 Å². The SMILES string of the molecule is O=C1CN(C(=O)OCc2ccccc2)CC1c1c[nH]c2ccccc12. The van der Waals surface area contributed by atoms with Gasteiger partial charge in [0.25, 0.3) is 0 Å². The Labute approximate surface area is 145 Å². The topological polar surface area (TPSA) is 62.4 Å². The molecule has 4 rings (SSSR count). The largest absolute Gasteiger partial charge is 0.445 e. The van der Waals surface area contributed by atoms with Crippen LogP contribution in [-0.2, 0) is 16.1 Å². The summed E-state index contributed by atoms with van der Waals surface area (Å²) in [7, 11) is 0. The minimum absolute atomic E-state index is 0.0430. The molecule has 0 saturated carbocycles. The van der Waals surface area contributed by atoms with Crippen molar-refractivity contribution >= 4 is 22.8 Å². The van der Waals surface area contributed by atoms with Gasteiger partial charge in [0, 0.05) is 23.6 Å². The van der Waals surface area contributed by atoms with Gasteiger partial charge in [-0.2, -0.15) is 0 Å². The molecule has 5 nitrogen and oxygen atoms in total. The summed E-state index contributed by atoms with van der Waals surface area (Å²) in [5, 5.41) is 1.03. The van der Waals surface area contributed by atoms with E-state index in [4.69, 9.17) is 4.74 Å². The quantitative estimate of drug-likeness (QED) is 0.798. The summed E-state index contributed by atoms with van der Waals surface area (Å²) in [6.07, 6.45) is 1.42. The summed E-state index contributed by atoms with van der Waals surface area (Å²) >= 11 is 0. The third kappa shape index (κ3) is 3.01. The third-order valence-corrected chi connectivity index (χ3v) is 4.60. The minimum atomic E-state index is -0.445. The number of amides is 1. The van der Waals surface area contributed by atoms with Crippen LogP contribution in [0.25, 0.3) is 10.9 Å². The minimum Gasteiger partial charge on any atom is -0.445 e. The molecule has 5 heteroatoms. The van der Waals surface area contributed by atoms with E-state index in [-0.39, 0.29) is 24.9 Å². The van der Waals surface area contributed by atoms with Crippen molar-refractivity contribution in [2.75, 3.05) is 13.1 Å². The zero-order chi connectivity index (χ0) is 17.2. The van der Waals surface area contributed by atoms with Crippen LogP contribution in [-0.4, -0.2) is 34.8 Å². The average Bonchev–Trinajstić information content (AvgIpc) is 3.24. The Morgan fingerprint density at radius 1 is 1.12 bits per heavy atom. The average molecular weight is 334 g/mol. The zero-order valence-electron chi connectivity index (χ0n) is 13.6. The second kappa shape index (κ2) is 6.43. The zero-order valence-corrected chi connectivity index (χ0v) is 13.6. The fourth-order valence-corrected chi connectivity index (χ4v) is 3.29. The number of Topliss-reactive ketones (excluding diaryl/α,β-unsaturated/α-hetero) is 1. The van der Waals surface area contributed by atoms with E-state index in [1.165, 1.54) is 4.90 Å². The van der Waals surface area contributed by atoms with Gasteiger partial charge in [0.2, 0.25) is 0 Å². The van der Waals surface area contributed by atoms with Crippen LogP contribution in [0.3, 0.4) is 0 Å². The van der Waals surface area contributed by atoms with Crippen molar-refractivity contribution in [1.82, 2.24) is 9.88 Å². The number of hydrogen-bond acceptors (Lipinski definition) is 3. The number of nitrogens with zero attached hydrogens (tertiary/aromatic N) is 1. The van der Waals surface area contributed by atoms with E-state index in [0.717, 1.165) is 22.0 Å². The molecule has 1 N–H and O–H groups in total.